The summed E-state index contributed by atoms with van der Waals surface area (Å²) in [4.78, 5) is 0. The topological polar surface area (TPSA) is 0 Å². The monoisotopic (exact) mass is 258 g/mol. The van der Waals surface area contributed by atoms with Crippen molar-refractivity contribution in [3.8, 4) is 0 Å². The van der Waals surface area contributed by atoms with Crippen LogP contribution in [-0.2, 0) is 6.42 Å². The van der Waals surface area contributed by atoms with E-state index >= 15 is 0 Å². The lowest BCUT2D eigenvalue weighted by molar-refractivity contribution is 0.283. The van der Waals surface area contributed by atoms with Crippen molar-refractivity contribution in [2.75, 3.05) is 0 Å². The van der Waals surface area contributed by atoms with Gasteiger partial charge in [0.05, 0.1) is 0 Å². The minimum Gasteiger partial charge on any atom is -0.207 e. The molecular weight excluding hydrogens is 242 g/mol. The lowest BCUT2D eigenvalue weighted by Crippen LogP contribution is -2.26. The Morgan fingerprint density at radius 1 is 1.24 bits per heavy atom. The van der Waals surface area contributed by atoms with Gasteiger partial charge in [0.25, 0.3) is 0 Å². The van der Waals surface area contributed by atoms with Gasteiger partial charge in [-0.25, -0.2) is 8.78 Å². The molecular formula is C14H17ClF2. The summed E-state index contributed by atoms with van der Waals surface area (Å²) in [6.07, 6.45) is 3.44. The van der Waals surface area contributed by atoms with Crippen LogP contribution in [0.2, 0.25) is 0 Å². The van der Waals surface area contributed by atoms with E-state index in [2.05, 4.69) is 6.92 Å². The second kappa shape index (κ2) is 5.34. The molecule has 1 aliphatic rings. The summed E-state index contributed by atoms with van der Waals surface area (Å²) >= 11 is 6.26. The molecule has 0 spiro atoms. The quantitative estimate of drug-likeness (QED) is 0.683. The number of benzene rings is 1. The molecule has 1 saturated carbocycles. The van der Waals surface area contributed by atoms with Gasteiger partial charge in [-0.3, -0.25) is 0 Å². The average Bonchev–Trinajstić information content (AvgIpc) is 2.28. The Hall–Kier alpha value is -0.630. The van der Waals surface area contributed by atoms with Gasteiger partial charge in [0.1, 0.15) is 11.6 Å². The third kappa shape index (κ3) is 2.98. The number of hydrogen-bond donors (Lipinski definition) is 0. The van der Waals surface area contributed by atoms with Gasteiger partial charge >= 0.3 is 0 Å². The van der Waals surface area contributed by atoms with E-state index in [9.17, 15) is 8.78 Å². The summed E-state index contributed by atoms with van der Waals surface area (Å²) in [6.45, 7) is 2.17. The van der Waals surface area contributed by atoms with Crippen molar-refractivity contribution in [2.24, 2.45) is 11.8 Å². The normalized spacial score (nSPS) is 29.3. The SMILES string of the molecule is CC1CCC(Cl)C(Cc2c(F)cccc2F)C1. The molecule has 0 aliphatic heterocycles. The summed E-state index contributed by atoms with van der Waals surface area (Å²) in [7, 11) is 0. The van der Waals surface area contributed by atoms with Gasteiger partial charge in [-0.15, -0.1) is 11.6 Å². The molecule has 0 radical (unpaired) electrons. The van der Waals surface area contributed by atoms with E-state index in [1.165, 1.54) is 18.2 Å². The number of hydrogen-bond acceptors (Lipinski definition) is 0. The highest BCUT2D eigenvalue weighted by atomic mass is 35.5. The Kier molecular flexibility index (Phi) is 4.03. The second-order valence-electron chi connectivity index (χ2n) is 5.10. The molecule has 0 amide bonds. The van der Waals surface area contributed by atoms with Gasteiger partial charge in [-0.05, 0) is 49.7 Å². The predicted molar refractivity (Wildman–Crippen MR) is 66.2 cm³/mol. The minimum absolute atomic E-state index is 0.0465. The van der Waals surface area contributed by atoms with Crippen molar-refractivity contribution < 1.29 is 8.78 Å². The van der Waals surface area contributed by atoms with Crippen LogP contribution in [-0.4, -0.2) is 5.38 Å². The van der Waals surface area contributed by atoms with Crippen LogP contribution in [0.1, 0.15) is 31.7 Å². The number of rotatable bonds is 2. The van der Waals surface area contributed by atoms with E-state index in [0.717, 1.165) is 19.3 Å². The first kappa shape index (κ1) is 12.8. The van der Waals surface area contributed by atoms with Crippen LogP contribution in [0.5, 0.6) is 0 Å². The maximum absolute atomic E-state index is 13.5. The van der Waals surface area contributed by atoms with E-state index in [1.54, 1.807) is 0 Å². The number of halogens is 3. The van der Waals surface area contributed by atoms with Crippen molar-refractivity contribution >= 4 is 11.6 Å². The second-order valence-corrected chi connectivity index (χ2v) is 5.66. The van der Waals surface area contributed by atoms with Crippen LogP contribution >= 0.6 is 11.6 Å². The summed E-state index contributed by atoms with van der Waals surface area (Å²) in [5.41, 5.74) is 0.192. The molecule has 1 fully saturated rings. The Morgan fingerprint density at radius 2 is 1.88 bits per heavy atom. The van der Waals surface area contributed by atoms with Gasteiger partial charge in [0.15, 0.2) is 0 Å². The molecule has 1 aliphatic carbocycles. The Labute approximate surface area is 106 Å². The zero-order chi connectivity index (χ0) is 12.4. The highest BCUT2D eigenvalue weighted by Gasteiger charge is 2.28. The third-order valence-electron chi connectivity index (χ3n) is 3.68. The molecule has 1 aromatic carbocycles. The summed E-state index contributed by atoms with van der Waals surface area (Å²) in [6, 6.07) is 4.03. The van der Waals surface area contributed by atoms with Crippen molar-refractivity contribution in [3.05, 3.63) is 35.4 Å². The van der Waals surface area contributed by atoms with Crippen LogP contribution in [0.3, 0.4) is 0 Å². The zero-order valence-corrected chi connectivity index (χ0v) is 10.7. The van der Waals surface area contributed by atoms with Crippen LogP contribution in [0.25, 0.3) is 0 Å². The Bertz CT molecular complexity index is 372. The molecule has 0 saturated heterocycles. The summed E-state index contributed by atoms with van der Waals surface area (Å²) in [5, 5.41) is 0.0465. The van der Waals surface area contributed by atoms with Gasteiger partial charge in [-0.2, -0.15) is 0 Å². The van der Waals surface area contributed by atoms with E-state index in [1.807, 2.05) is 0 Å². The minimum atomic E-state index is -0.452. The smallest absolute Gasteiger partial charge is 0.129 e. The lowest BCUT2D eigenvalue weighted by atomic mass is 9.79. The zero-order valence-electron chi connectivity index (χ0n) is 9.93. The molecule has 1 aromatic rings. The molecule has 0 bridgehead atoms. The van der Waals surface area contributed by atoms with Gasteiger partial charge in [-0.1, -0.05) is 13.0 Å². The molecule has 17 heavy (non-hydrogen) atoms. The molecule has 0 aromatic heterocycles. The first-order chi connectivity index (χ1) is 8.08. The Morgan fingerprint density at radius 3 is 2.53 bits per heavy atom. The fourth-order valence-electron chi connectivity index (χ4n) is 2.66. The first-order valence-electron chi connectivity index (χ1n) is 6.15. The predicted octanol–water partition coefficient (Wildman–Crippen LogP) is 4.55. The molecule has 3 atom stereocenters. The fraction of sp³-hybridized carbons (Fsp3) is 0.571. The van der Waals surface area contributed by atoms with Crippen LogP contribution in [0, 0.1) is 23.5 Å². The molecule has 2 rings (SSSR count). The highest BCUT2D eigenvalue weighted by molar-refractivity contribution is 6.20. The van der Waals surface area contributed by atoms with E-state index in [0.29, 0.717) is 12.3 Å². The Balaban J connectivity index is 2.14. The lowest BCUT2D eigenvalue weighted by Gasteiger charge is -2.31. The van der Waals surface area contributed by atoms with Crippen molar-refractivity contribution in [3.63, 3.8) is 0 Å². The van der Waals surface area contributed by atoms with Crippen molar-refractivity contribution in [1.29, 1.82) is 0 Å². The standard InChI is InChI=1S/C14H17ClF2/c1-9-5-6-12(15)10(7-9)8-11-13(16)3-2-4-14(11)17/h2-4,9-10,12H,5-8H2,1H3. The van der Waals surface area contributed by atoms with E-state index in [4.69, 9.17) is 11.6 Å². The molecule has 3 heteroatoms. The largest absolute Gasteiger partial charge is 0.207 e. The average molecular weight is 259 g/mol. The summed E-state index contributed by atoms with van der Waals surface area (Å²) < 4.78 is 27.1. The molecule has 3 unspecified atom stereocenters. The van der Waals surface area contributed by atoms with Crippen molar-refractivity contribution in [1.82, 2.24) is 0 Å². The highest BCUT2D eigenvalue weighted by Crippen LogP contribution is 2.35. The third-order valence-corrected chi connectivity index (χ3v) is 4.25. The van der Waals surface area contributed by atoms with E-state index < -0.39 is 11.6 Å². The maximum Gasteiger partial charge on any atom is 0.129 e. The van der Waals surface area contributed by atoms with Crippen LogP contribution in [0.15, 0.2) is 18.2 Å². The maximum atomic E-state index is 13.5. The van der Waals surface area contributed by atoms with Crippen LogP contribution in [0.4, 0.5) is 8.78 Å². The van der Waals surface area contributed by atoms with E-state index in [-0.39, 0.29) is 16.9 Å². The molecule has 0 N–H and O–H groups in total. The first-order valence-corrected chi connectivity index (χ1v) is 6.58. The van der Waals surface area contributed by atoms with Crippen LogP contribution < -0.4 is 0 Å². The number of alkyl halides is 1. The molecule has 94 valence electrons. The van der Waals surface area contributed by atoms with Crippen molar-refractivity contribution in [2.45, 2.75) is 38.0 Å². The molecule has 0 nitrogen and oxygen atoms in total. The molecule has 0 heterocycles. The summed E-state index contributed by atoms with van der Waals surface area (Å²) in [5.74, 6) is -0.115. The van der Waals surface area contributed by atoms with Gasteiger partial charge < -0.3 is 0 Å². The van der Waals surface area contributed by atoms with Gasteiger partial charge in [0, 0.05) is 10.9 Å². The van der Waals surface area contributed by atoms with Gasteiger partial charge in [0.2, 0.25) is 0 Å². The fourth-order valence-corrected chi connectivity index (χ4v) is 2.98.